The molecule has 1 aliphatic rings. The van der Waals surface area contributed by atoms with Crippen LogP contribution in [0.5, 0.6) is 0 Å². The number of nitrogens with zero attached hydrogens (tertiary/aromatic N) is 4. The van der Waals surface area contributed by atoms with Crippen molar-refractivity contribution in [2.75, 3.05) is 18.9 Å². The van der Waals surface area contributed by atoms with Gasteiger partial charge in [0.1, 0.15) is 0 Å². The molecule has 2 N–H and O–H groups in total. The Morgan fingerprint density at radius 3 is 3.05 bits per heavy atom. The van der Waals surface area contributed by atoms with Gasteiger partial charge in [-0.2, -0.15) is 0 Å². The van der Waals surface area contributed by atoms with Gasteiger partial charge in [0, 0.05) is 12.2 Å². The van der Waals surface area contributed by atoms with Gasteiger partial charge in [-0.15, -0.1) is 5.10 Å². The molecule has 0 unspecified atom stereocenters. The lowest BCUT2D eigenvalue weighted by atomic mass is 10.1. The van der Waals surface area contributed by atoms with Crippen LogP contribution in [0.3, 0.4) is 0 Å². The molecule has 1 saturated carbocycles. The summed E-state index contributed by atoms with van der Waals surface area (Å²) in [4.78, 5) is 0. The van der Waals surface area contributed by atoms with Gasteiger partial charge in [0.2, 0.25) is 0 Å². The zero-order chi connectivity index (χ0) is 13.9. The third-order valence-electron chi connectivity index (χ3n) is 3.32. The highest BCUT2D eigenvalue weighted by atomic mass is 35.5. The molecule has 0 aliphatic heterocycles. The Bertz CT molecular complexity index is 596. The molecule has 1 aromatic carbocycles. The van der Waals surface area contributed by atoms with Crippen molar-refractivity contribution in [2.24, 2.45) is 5.92 Å². The van der Waals surface area contributed by atoms with E-state index in [0.29, 0.717) is 29.7 Å². The summed E-state index contributed by atoms with van der Waals surface area (Å²) in [6, 6.07) is 5.43. The van der Waals surface area contributed by atoms with Crippen molar-refractivity contribution in [3.8, 4) is 11.4 Å². The first-order valence-electron chi connectivity index (χ1n) is 6.64. The Hall–Kier alpha value is -1.66. The Labute approximate surface area is 121 Å². The predicted octanol–water partition coefficient (Wildman–Crippen LogP) is 2.00. The van der Waals surface area contributed by atoms with Gasteiger partial charge in [0.25, 0.3) is 0 Å². The fourth-order valence-electron chi connectivity index (χ4n) is 1.97. The molecule has 20 heavy (non-hydrogen) atoms. The maximum atomic E-state index is 6.02. The van der Waals surface area contributed by atoms with Crippen LogP contribution in [-0.2, 0) is 11.3 Å². The minimum absolute atomic E-state index is 0.490. The molecule has 0 saturated heterocycles. The van der Waals surface area contributed by atoms with E-state index in [1.165, 1.54) is 12.8 Å². The number of hydrogen-bond donors (Lipinski definition) is 1. The van der Waals surface area contributed by atoms with Crippen molar-refractivity contribution in [1.29, 1.82) is 0 Å². The van der Waals surface area contributed by atoms with Crippen LogP contribution in [0.15, 0.2) is 18.2 Å². The van der Waals surface area contributed by atoms with Crippen molar-refractivity contribution in [3.63, 3.8) is 0 Å². The molecule has 1 heterocycles. The standard InChI is InChI=1S/C13H16ClN5O/c14-11-3-1-2-10(12(11)15)13-16-17-18-19(13)6-7-20-8-9-4-5-9/h1-3,9H,4-8,15H2. The van der Waals surface area contributed by atoms with Crippen molar-refractivity contribution < 1.29 is 4.74 Å². The molecule has 0 spiro atoms. The fraction of sp³-hybridized carbons (Fsp3) is 0.462. The highest BCUT2D eigenvalue weighted by molar-refractivity contribution is 6.33. The summed E-state index contributed by atoms with van der Waals surface area (Å²) in [5.74, 6) is 1.37. The molecular weight excluding hydrogens is 278 g/mol. The summed E-state index contributed by atoms with van der Waals surface area (Å²) in [6.07, 6.45) is 2.57. The Morgan fingerprint density at radius 1 is 1.40 bits per heavy atom. The van der Waals surface area contributed by atoms with E-state index in [4.69, 9.17) is 22.1 Å². The number of halogens is 1. The predicted molar refractivity (Wildman–Crippen MR) is 76.2 cm³/mol. The quantitative estimate of drug-likeness (QED) is 0.651. The van der Waals surface area contributed by atoms with Crippen LogP contribution in [-0.4, -0.2) is 33.4 Å². The molecule has 2 aromatic rings. The largest absolute Gasteiger partial charge is 0.397 e. The zero-order valence-corrected chi connectivity index (χ0v) is 11.8. The molecule has 0 radical (unpaired) electrons. The van der Waals surface area contributed by atoms with E-state index in [-0.39, 0.29) is 0 Å². The van der Waals surface area contributed by atoms with Gasteiger partial charge in [0.05, 0.1) is 23.9 Å². The molecule has 0 amide bonds. The van der Waals surface area contributed by atoms with Crippen LogP contribution in [0, 0.1) is 5.92 Å². The number of aromatic nitrogens is 4. The highest BCUT2D eigenvalue weighted by Gasteiger charge is 2.21. The van der Waals surface area contributed by atoms with Crippen LogP contribution in [0.25, 0.3) is 11.4 Å². The van der Waals surface area contributed by atoms with Crippen molar-refractivity contribution in [3.05, 3.63) is 23.2 Å². The lowest BCUT2D eigenvalue weighted by molar-refractivity contribution is 0.114. The monoisotopic (exact) mass is 293 g/mol. The third kappa shape index (κ3) is 2.91. The summed E-state index contributed by atoms with van der Waals surface area (Å²) >= 11 is 6.02. The van der Waals surface area contributed by atoms with E-state index < -0.39 is 0 Å². The average Bonchev–Trinajstić information content (AvgIpc) is 3.16. The van der Waals surface area contributed by atoms with Crippen molar-refractivity contribution in [2.45, 2.75) is 19.4 Å². The van der Waals surface area contributed by atoms with Crippen LogP contribution < -0.4 is 5.73 Å². The lowest BCUT2D eigenvalue weighted by Gasteiger charge is -2.08. The molecule has 1 aromatic heterocycles. The first-order chi connectivity index (χ1) is 9.75. The second-order valence-electron chi connectivity index (χ2n) is 4.94. The molecule has 3 rings (SSSR count). The molecule has 7 heteroatoms. The summed E-state index contributed by atoms with van der Waals surface area (Å²) < 4.78 is 7.29. The zero-order valence-electron chi connectivity index (χ0n) is 11.0. The summed E-state index contributed by atoms with van der Waals surface area (Å²) in [5, 5.41) is 12.2. The number of ether oxygens (including phenoxy) is 1. The summed E-state index contributed by atoms with van der Waals surface area (Å²) in [7, 11) is 0. The van der Waals surface area contributed by atoms with Gasteiger partial charge >= 0.3 is 0 Å². The number of anilines is 1. The van der Waals surface area contributed by atoms with Gasteiger partial charge in [-0.25, -0.2) is 4.68 Å². The van der Waals surface area contributed by atoms with Crippen LogP contribution in [0.2, 0.25) is 5.02 Å². The minimum atomic E-state index is 0.490. The fourth-order valence-corrected chi connectivity index (χ4v) is 2.14. The average molecular weight is 294 g/mol. The van der Waals surface area contributed by atoms with Crippen LogP contribution in [0.1, 0.15) is 12.8 Å². The van der Waals surface area contributed by atoms with E-state index in [1.807, 2.05) is 12.1 Å². The topological polar surface area (TPSA) is 78.9 Å². The number of nitrogens with two attached hydrogens (primary N) is 1. The molecule has 6 nitrogen and oxygen atoms in total. The van der Waals surface area contributed by atoms with Gasteiger partial charge in [-0.1, -0.05) is 17.7 Å². The number of nitrogen functional groups attached to an aromatic ring is 1. The molecule has 0 atom stereocenters. The van der Waals surface area contributed by atoms with E-state index >= 15 is 0 Å². The van der Waals surface area contributed by atoms with Crippen molar-refractivity contribution in [1.82, 2.24) is 20.2 Å². The number of rotatable bonds is 6. The van der Waals surface area contributed by atoms with Crippen LogP contribution >= 0.6 is 11.6 Å². The van der Waals surface area contributed by atoms with E-state index in [1.54, 1.807) is 10.7 Å². The second-order valence-corrected chi connectivity index (χ2v) is 5.35. The van der Waals surface area contributed by atoms with Gasteiger partial charge in [0.15, 0.2) is 5.82 Å². The Kier molecular flexibility index (Phi) is 3.84. The summed E-state index contributed by atoms with van der Waals surface area (Å²) in [6.45, 7) is 2.02. The van der Waals surface area contributed by atoms with E-state index in [9.17, 15) is 0 Å². The Balaban J connectivity index is 1.70. The van der Waals surface area contributed by atoms with Gasteiger partial charge in [-0.05, 0) is 41.3 Å². The highest BCUT2D eigenvalue weighted by Crippen LogP contribution is 2.30. The molecule has 1 aliphatic carbocycles. The normalized spacial score (nSPS) is 14.7. The maximum Gasteiger partial charge on any atom is 0.184 e. The molecule has 106 valence electrons. The second kappa shape index (κ2) is 5.76. The number of benzene rings is 1. The van der Waals surface area contributed by atoms with E-state index in [2.05, 4.69) is 15.5 Å². The number of hydrogen-bond acceptors (Lipinski definition) is 5. The lowest BCUT2D eigenvalue weighted by Crippen LogP contribution is -2.11. The third-order valence-corrected chi connectivity index (χ3v) is 3.65. The van der Waals surface area contributed by atoms with Crippen LogP contribution in [0.4, 0.5) is 5.69 Å². The Morgan fingerprint density at radius 2 is 2.25 bits per heavy atom. The first kappa shape index (κ1) is 13.3. The number of para-hydroxylation sites is 1. The van der Waals surface area contributed by atoms with Crippen molar-refractivity contribution >= 4 is 17.3 Å². The van der Waals surface area contributed by atoms with E-state index in [0.717, 1.165) is 18.1 Å². The van der Waals surface area contributed by atoms with Gasteiger partial charge < -0.3 is 10.5 Å². The SMILES string of the molecule is Nc1c(Cl)cccc1-c1nnnn1CCOCC1CC1. The maximum absolute atomic E-state index is 6.02. The number of tetrazole rings is 1. The molecule has 1 fully saturated rings. The molecule has 0 bridgehead atoms. The first-order valence-corrected chi connectivity index (χ1v) is 7.02. The summed E-state index contributed by atoms with van der Waals surface area (Å²) in [5.41, 5.74) is 7.20. The minimum Gasteiger partial charge on any atom is -0.397 e. The smallest absolute Gasteiger partial charge is 0.184 e. The van der Waals surface area contributed by atoms with Gasteiger partial charge in [-0.3, -0.25) is 0 Å². The molecular formula is C13H16ClN5O.